The first kappa shape index (κ1) is 26.9. The van der Waals surface area contributed by atoms with Crippen molar-refractivity contribution in [3.05, 3.63) is 38.0 Å². The van der Waals surface area contributed by atoms with Gasteiger partial charge in [0.1, 0.15) is 6.61 Å². The van der Waals surface area contributed by atoms with Crippen LogP contribution in [-0.4, -0.2) is 66.2 Å². The van der Waals surface area contributed by atoms with Gasteiger partial charge in [0.05, 0.1) is 0 Å². The molecule has 0 aliphatic rings. The van der Waals surface area contributed by atoms with Crippen molar-refractivity contribution < 1.29 is 50.1 Å². The second-order valence-corrected chi connectivity index (χ2v) is 2.56. The molecule has 0 unspecified atom stereocenters. The van der Waals surface area contributed by atoms with Gasteiger partial charge in [0, 0.05) is 18.2 Å². The highest BCUT2D eigenvalue weighted by molar-refractivity contribution is 5.79. The molecule has 0 aromatic carbocycles. The fraction of sp³-hybridized carbons (Fsp3) is 0.182. The molecule has 0 saturated heterocycles. The van der Waals surface area contributed by atoms with Gasteiger partial charge < -0.3 is 35.7 Å². The van der Waals surface area contributed by atoms with E-state index in [2.05, 4.69) is 19.7 Å². The Morgan fingerprint density at radius 2 is 0.857 bits per heavy atom. The first-order valence-electron chi connectivity index (χ1n) is 4.71. The van der Waals surface area contributed by atoms with Gasteiger partial charge in [-0.2, -0.15) is 0 Å². The van der Waals surface area contributed by atoms with Crippen LogP contribution in [0.5, 0.6) is 0 Å². The molecule has 0 heterocycles. The third-order valence-corrected chi connectivity index (χ3v) is 0.736. The van der Waals surface area contributed by atoms with Crippen LogP contribution >= 0.6 is 0 Å². The molecule has 0 aliphatic carbocycles. The second-order valence-electron chi connectivity index (χ2n) is 2.56. The third-order valence-electron chi connectivity index (χ3n) is 0.736. The lowest BCUT2D eigenvalue weighted by atomic mass is 10.6. The highest BCUT2D eigenvalue weighted by Crippen LogP contribution is 1.84. The molecule has 0 saturated carbocycles. The molecule has 0 aromatic rings. The van der Waals surface area contributed by atoms with Gasteiger partial charge in [0.15, 0.2) is 0 Å². The first-order chi connectivity index (χ1) is 9.37. The largest absolute Gasteiger partial charge is 0.478 e. The zero-order valence-corrected chi connectivity index (χ0v) is 10.9. The van der Waals surface area contributed by atoms with Crippen LogP contribution in [0.2, 0.25) is 0 Å². The van der Waals surface area contributed by atoms with E-state index in [4.69, 9.17) is 35.7 Å². The second kappa shape index (κ2) is 17.5. The van der Waals surface area contributed by atoms with E-state index in [1.165, 1.54) is 0 Å². The van der Waals surface area contributed by atoms with Crippen molar-refractivity contribution in [1.29, 1.82) is 0 Å². The first-order valence-corrected chi connectivity index (χ1v) is 4.71. The Labute approximate surface area is 119 Å². The van der Waals surface area contributed by atoms with Crippen molar-refractivity contribution in [3.8, 4) is 0 Å². The van der Waals surface area contributed by atoms with Gasteiger partial charge in [-0.1, -0.05) is 19.7 Å². The Hall–Kier alpha value is -2.53. The Kier molecular flexibility index (Phi) is 22.4. The molecule has 0 aliphatic heterocycles. The summed E-state index contributed by atoms with van der Waals surface area (Å²) in [5, 5.41) is 53.5. The number of hydrogen-bond donors (Lipinski definition) is 7. The predicted octanol–water partition coefficient (Wildman–Crippen LogP) is -1.62. The third kappa shape index (κ3) is 99.9. The summed E-state index contributed by atoms with van der Waals surface area (Å²) < 4.78 is 0. The quantitative estimate of drug-likeness (QED) is 0.234. The van der Waals surface area contributed by atoms with Gasteiger partial charge in [-0.15, -0.1) is 0 Å². The Morgan fingerprint density at radius 1 is 0.762 bits per heavy atom. The lowest BCUT2D eigenvalue weighted by molar-refractivity contribution is -0.326. The van der Waals surface area contributed by atoms with Crippen molar-refractivity contribution >= 4 is 17.9 Å². The van der Waals surface area contributed by atoms with Gasteiger partial charge in [0.2, 0.25) is 0 Å². The van der Waals surface area contributed by atoms with E-state index >= 15 is 0 Å². The molecule has 0 radical (unpaired) electrons. The van der Waals surface area contributed by atoms with Crippen molar-refractivity contribution in [2.24, 2.45) is 0 Å². The van der Waals surface area contributed by atoms with E-state index in [-0.39, 0.29) is 0 Å². The molecule has 0 spiro atoms. The molecule has 0 fully saturated rings. The summed E-state index contributed by atoms with van der Waals surface area (Å²) in [6, 6.07) is 0. The highest BCUT2D eigenvalue weighted by atomic mass is 16.7. The molecule has 0 rings (SSSR count). The Bertz CT molecular complexity index is 297. The highest BCUT2D eigenvalue weighted by Gasteiger charge is 2.13. The Morgan fingerprint density at radius 3 is 0.857 bits per heavy atom. The molecule has 0 atom stereocenters. The maximum Gasteiger partial charge on any atom is 0.327 e. The SMILES string of the molecule is C=CC(=O)O.C=CC(=O)O.C=CC(=O)O.OCC(O)(O)O. The van der Waals surface area contributed by atoms with E-state index in [9.17, 15) is 14.4 Å². The van der Waals surface area contributed by atoms with Gasteiger partial charge in [-0.25, -0.2) is 14.4 Å². The van der Waals surface area contributed by atoms with E-state index in [1.807, 2.05) is 0 Å². The number of carboxylic acid groups (broad SMARTS) is 3. The number of rotatable bonds is 4. The van der Waals surface area contributed by atoms with Crippen LogP contribution < -0.4 is 0 Å². The van der Waals surface area contributed by atoms with Crippen molar-refractivity contribution in [2.75, 3.05) is 6.61 Å². The number of carboxylic acids is 3. The van der Waals surface area contributed by atoms with E-state index in [0.717, 1.165) is 18.2 Å². The van der Waals surface area contributed by atoms with Crippen LogP contribution in [-0.2, 0) is 14.4 Å². The molecule has 0 amide bonds. The molecule has 122 valence electrons. The van der Waals surface area contributed by atoms with Crippen LogP contribution in [0, 0.1) is 0 Å². The smallest absolute Gasteiger partial charge is 0.327 e. The molecule has 10 heteroatoms. The van der Waals surface area contributed by atoms with E-state index in [0.29, 0.717) is 0 Å². The molecule has 10 nitrogen and oxygen atoms in total. The Balaban J connectivity index is -0.0000000921. The number of aliphatic hydroxyl groups excluding tert-OH is 1. The minimum Gasteiger partial charge on any atom is -0.478 e. The average Bonchev–Trinajstić information content (AvgIpc) is 2.39. The van der Waals surface area contributed by atoms with Crippen molar-refractivity contribution in [1.82, 2.24) is 0 Å². The summed E-state index contributed by atoms with van der Waals surface area (Å²) in [5.74, 6) is -5.85. The average molecular weight is 310 g/mol. The fourth-order valence-corrected chi connectivity index (χ4v) is 0. The van der Waals surface area contributed by atoms with Gasteiger partial charge >= 0.3 is 17.9 Å². The molecule has 0 bridgehead atoms. The normalized spacial score (nSPS) is 8.00. The predicted molar refractivity (Wildman–Crippen MR) is 70.0 cm³/mol. The molecule has 0 aromatic heterocycles. The molecular formula is C11H18O10. The van der Waals surface area contributed by atoms with Gasteiger partial charge in [-0.05, 0) is 0 Å². The summed E-state index contributed by atoms with van der Waals surface area (Å²) in [5.41, 5.74) is 0. The lowest BCUT2D eigenvalue weighted by Crippen LogP contribution is -2.31. The zero-order chi connectivity index (χ0) is 18.1. The summed E-state index contributed by atoms with van der Waals surface area (Å²) in [7, 11) is 0. The van der Waals surface area contributed by atoms with Crippen LogP contribution in [0.25, 0.3) is 0 Å². The van der Waals surface area contributed by atoms with E-state index in [1.54, 1.807) is 0 Å². The standard InChI is InChI=1S/3C3H4O2.C2H6O4/c3*1-2-3(4)5;3-1-2(4,5)6/h3*2H,1H2,(H,4,5);3-6H,1H2. The topological polar surface area (TPSA) is 193 Å². The lowest BCUT2D eigenvalue weighted by Gasteiger charge is -2.07. The zero-order valence-electron chi connectivity index (χ0n) is 10.9. The van der Waals surface area contributed by atoms with E-state index < -0.39 is 30.5 Å². The van der Waals surface area contributed by atoms with Gasteiger partial charge in [0.25, 0.3) is 5.97 Å². The van der Waals surface area contributed by atoms with Crippen LogP contribution in [0.3, 0.4) is 0 Å². The van der Waals surface area contributed by atoms with Crippen LogP contribution in [0.15, 0.2) is 38.0 Å². The summed E-state index contributed by atoms with van der Waals surface area (Å²) in [6.45, 7) is 7.82. The minimum absolute atomic E-state index is 0.833. The summed E-state index contributed by atoms with van der Waals surface area (Å²) in [4.78, 5) is 27.8. The summed E-state index contributed by atoms with van der Waals surface area (Å²) in [6.07, 6.45) is 2.50. The monoisotopic (exact) mass is 310 g/mol. The number of aliphatic carboxylic acids is 3. The minimum atomic E-state index is -2.90. The van der Waals surface area contributed by atoms with Crippen LogP contribution in [0.1, 0.15) is 0 Å². The van der Waals surface area contributed by atoms with Crippen LogP contribution in [0.4, 0.5) is 0 Å². The summed E-state index contributed by atoms with van der Waals surface area (Å²) >= 11 is 0. The number of aliphatic hydroxyl groups is 4. The molecular weight excluding hydrogens is 292 g/mol. The maximum absolute atomic E-state index is 9.25. The number of hydrogen-bond acceptors (Lipinski definition) is 7. The maximum atomic E-state index is 9.25. The number of carbonyl (C=O) groups is 3. The molecule has 7 N–H and O–H groups in total. The van der Waals surface area contributed by atoms with Crippen molar-refractivity contribution in [2.45, 2.75) is 5.97 Å². The van der Waals surface area contributed by atoms with Crippen molar-refractivity contribution in [3.63, 3.8) is 0 Å². The molecule has 21 heavy (non-hydrogen) atoms. The fourth-order valence-electron chi connectivity index (χ4n) is 0. The van der Waals surface area contributed by atoms with Gasteiger partial charge in [-0.3, -0.25) is 0 Å².